The second kappa shape index (κ2) is 6.03. The van der Waals surface area contributed by atoms with Crippen LogP contribution < -0.4 is 9.47 Å². The van der Waals surface area contributed by atoms with Crippen LogP contribution >= 0.6 is 23.2 Å². The van der Waals surface area contributed by atoms with Crippen molar-refractivity contribution >= 4 is 29.2 Å². The minimum absolute atomic E-state index is 0.225. The SMILES string of the molecule is O=C(O)C(Cl)(Oc1ccccc1)Oc1ccc(Cl)cc1. The molecule has 4 nitrogen and oxygen atoms in total. The summed E-state index contributed by atoms with van der Waals surface area (Å²) in [6, 6.07) is 14.4. The average molecular weight is 313 g/mol. The maximum absolute atomic E-state index is 11.3. The molecule has 0 aliphatic heterocycles. The van der Waals surface area contributed by atoms with Crippen molar-refractivity contribution in [3.05, 3.63) is 59.6 Å². The summed E-state index contributed by atoms with van der Waals surface area (Å²) < 4.78 is 10.4. The molecule has 6 heteroatoms. The smallest absolute Gasteiger partial charge is 0.436 e. The Labute approximate surface area is 125 Å². The number of rotatable bonds is 5. The molecule has 2 aromatic carbocycles. The summed E-state index contributed by atoms with van der Waals surface area (Å²) >= 11 is 11.6. The van der Waals surface area contributed by atoms with E-state index in [-0.39, 0.29) is 11.5 Å². The number of para-hydroxylation sites is 1. The van der Waals surface area contributed by atoms with Gasteiger partial charge in [-0.15, -0.1) is 0 Å². The van der Waals surface area contributed by atoms with Crippen LogP contribution in [0, 0.1) is 0 Å². The van der Waals surface area contributed by atoms with Gasteiger partial charge in [0.25, 0.3) is 0 Å². The number of hydrogen-bond donors (Lipinski definition) is 1. The lowest BCUT2D eigenvalue weighted by molar-refractivity contribution is -0.166. The first-order chi connectivity index (χ1) is 9.49. The lowest BCUT2D eigenvalue weighted by Crippen LogP contribution is -2.44. The Hall–Kier alpha value is -1.91. The molecule has 0 aliphatic carbocycles. The molecule has 1 atom stereocenters. The fraction of sp³-hybridized carbons (Fsp3) is 0.0714. The van der Waals surface area contributed by atoms with Crippen molar-refractivity contribution in [2.45, 2.75) is 5.25 Å². The molecule has 1 unspecified atom stereocenters. The van der Waals surface area contributed by atoms with Crippen molar-refractivity contribution in [1.29, 1.82) is 0 Å². The van der Waals surface area contributed by atoms with E-state index in [0.717, 1.165) is 0 Å². The molecule has 0 saturated heterocycles. The van der Waals surface area contributed by atoms with Crippen molar-refractivity contribution in [2.75, 3.05) is 0 Å². The molecule has 0 radical (unpaired) electrons. The number of carboxylic acid groups (broad SMARTS) is 1. The first-order valence-electron chi connectivity index (χ1n) is 5.60. The minimum atomic E-state index is -2.35. The highest BCUT2D eigenvalue weighted by Crippen LogP contribution is 2.27. The highest BCUT2D eigenvalue weighted by Gasteiger charge is 2.42. The molecule has 0 aliphatic rings. The molecule has 0 heterocycles. The Morgan fingerprint density at radius 2 is 1.45 bits per heavy atom. The summed E-state index contributed by atoms with van der Waals surface area (Å²) in [7, 11) is 0. The molecule has 0 bridgehead atoms. The summed E-state index contributed by atoms with van der Waals surface area (Å²) in [5, 5.41) is 7.35. The Bertz CT molecular complexity index is 586. The zero-order chi connectivity index (χ0) is 14.6. The maximum Gasteiger partial charge on any atom is 0.436 e. The summed E-state index contributed by atoms with van der Waals surface area (Å²) in [6.45, 7) is 0. The molecule has 0 aromatic heterocycles. The van der Waals surface area contributed by atoms with Gasteiger partial charge in [0.15, 0.2) is 0 Å². The minimum Gasteiger partial charge on any atom is -0.474 e. The fourth-order valence-electron chi connectivity index (χ4n) is 1.40. The van der Waals surface area contributed by atoms with Gasteiger partial charge in [0, 0.05) is 5.02 Å². The lowest BCUT2D eigenvalue weighted by Gasteiger charge is -2.24. The average Bonchev–Trinajstić information content (AvgIpc) is 2.42. The maximum atomic E-state index is 11.3. The van der Waals surface area contributed by atoms with Gasteiger partial charge in [-0.2, -0.15) is 0 Å². The second-order valence-electron chi connectivity index (χ2n) is 3.81. The van der Waals surface area contributed by atoms with Crippen LogP contribution in [0.5, 0.6) is 11.5 Å². The van der Waals surface area contributed by atoms with Crippen LogP contribution in [0.15, 0.2) is 54.6 Å². The first kappa shape index (κ1) is 14.5. The van der Waals surface area contributed by atoms with Crippen molar-refractivity contribution in [2.24, 2.45) is 0 Å². The Morgan fingerprint density at radius 1 is 0.950 bits per heavy atom. The second-order valence-corrected chi connectivity index (χ2v) is 4.75. The van der Waals surface area contributed by atoms with Crippen LogP contribution in [0.4, 0.5) is 0 Å². The van der Waals surface area contributed by atoms with E-state index in [1.54, 1.807) is 42.5 Å². The zero-order valence-corrected chi connectivity index (χ0v) is 11.6. The van der Waals surface area contributed by atoms with E-state index in [0.29, 0.717) is 5.02 Å². The van der Waals surface area contributed by atoms with Gasteiger partial charge in [-0.1, -0.05) is 29.8 Å². The van der Waals surface area contributed by atoms with Gasteiger partial charge in [-0.3, -0.25) is 0 Å². The predicted octanol–water partition coefficient (Wildman–Crippen LogP) is 3.78. The molecule has 104 valence electrons. The Kier molecular flexibility index (Phi) is 4.37. The fourth-order valence-corrected chi connectivity index (χ4v) is 1.71. The topological polar surface area (TPSA) is 55.8 Å². The molecule has 2 rings (SSSR count). The highest BCUT2D eigenvalue weighted by molar-refractivity contribution is 6.31. The summed E-state index contributed by atoms with van der Waals surface area (Å²) in [6.07, 6.45) is 0. The number of hydrogen-bond acceptors (Lipinski definition) is 3. The molecule has 20 heavy (non-hydrogen) atoms. The van der Waals surface area contributed by atoms with Gasteiger partial charge >= 0.3 is 11.2 Å². The monoisotopic (exact) mass is 312 g/mol. The van der Waals surface area contributed by atoms with Crippen LogP contribution in [0.3, 0.4) is 0 Å². The molecule has 0 amide bonds. The molecule has 2 aromatic rings. The van der Waals surface area contributed by atoms with Crippen LogP contribution in [0.1, 0.15) is 0 Å². The number of aliphatic carboxylic acids is 1. The van der Waals surface area contributed by atoms with E-state index in [4.69, 9.17) is 32.7 Å². The zero-order valence-electron chi connectivity index (χ0n) is 10.1. The van der Waals surface area contributed by atoms with Crippen LogP contribution in [-0.4, -0.2) is 16.3 Å². The van der Waals surface area contributed by atoms with Gasteiger partial charge in [-0.05, 0) is 48.0 Å². The molecule has 0 spiro atoms. The third-order valence-corrected chi connectivity index (χ3v) is 2.88. The normalized spacial score (nSPS) is 13.3. The number of ether oxygens (including phenoxy) is 2. The first-order valence-corrected chi connectivity index (χ1v) is 6.36. The van der Waals surface area contributed by atoms with Gasteiger partial charge in [0.2, 0.25) is 0 Å². The van der Waals surface area contributed by atoms with E-state index in [1.165, 1.54) is 12.1 Å². The largest absolute Gasteiger partial charge is 0.474 e. The Morgan fingerprint density at radius 3 is 1.95 bits per heavy atom. The number of benzene rings is 2. The van der Waals surface area contributed by atoms with E-state index in [9.17, 15) is 9.90 Å². The highest BCUT2D eigenvalue weighted by atomic mass is 35.5. The molecule has 0 saturated carbocycles. The van der Waals surface area contributed by atoms with Crippen molar-refractivity contribution in [3.63, 3.8) is 0 Å². The van der Waals surface area contributed by atoms with Crippen LogP contribution in [0.25, 0.3) is 0 Å². The number of alkyl halides is 1. The number of halogens is 2. The molecule has 1 N–H and O–H groups in total. The molecular formula is C14H10Cl2O4. The van der Waals surface area contributed by atoms with E-state index in [1.807, 2.05) is 0 Å². The third kappa shape index (κ3) is 3.56. The predicted molar refractivity (Wildman–Crippen MR) is 75.4 cm³/mol. The summed E-state index contributed by atoms with van der Waals surface area (Å²) in [5.41, 5.74) is 0. The number of carbonyl (C=O) groups is 1. The van der Waals surface area contributed by atoms with E-state index < -0.39 is 11.2 Å². The molecule has 0 fully saturated rings. The van der Waals surface area contributed by atoms with Crippen molar-refractivity contribution in [3.8, 4) is 11.5 Å². The van der Waals surface area contributed by atoms with E-state index >= 15 is 0 Å². The van der Waals surface area contributed by atoms with Gasteiger partial charge in [0.1, 0.15) is 11.5 Å². The van der Waals surface area contributed by atoms with Crippen molar-refractivity contribution in [1.82, 2.24) is 0 Å². The summed E-state index contributed by atoms with van der Waals surface area (Å²) in [5.74, 6) is -0.959. The quantitative estimate of drug-likeness (QED) is 0.674. The standard InChI is InChI=1S/C14H10Cl2O4/c15-10-6-8-12(9-7-10)20-14(16,13(17)18)19-11-4-2-1-3-5-11/h1-9H,(H,17,18). The van der Waals surface area contributed by atoms with Crippen LogP contribution in [-0.2, 0) is 4.79 Å². The number of carboxylic acids is 1. The Balaban J connectivity index is 2.21. The third-order valence-electron chi connectivity index (χ3n) is 2.31. The van der Waals surface area contributed by atoms with Crippen LogP contribution in [0.2, 0.25) is 5.02 Å². The van der Waals surface area contributed by atoms with Gasteiger partial charge in [0.05, 0.1) is 0 Å². The van der Waals surface area contributed by atoms with Gasteiger partial charge < -0.3 is 14.6 Å². The van der Waals surface area contributed by atoms with Crippen molar-refractivity contribution < 1.29 is 19.4 Å². The van der Waals surface area contributed by atoms with Gasteiger partial charge in [-0.25, -0.2) is 4.79 Å². The molecular weight excluding hydrogens is 303 g/mol. The lowest BCUT2D eigenvalue weighted by atomic mass is 10.3. The summed E-state index contributed by atoms with van der Waals surface area (Å²) in [4.78, 5) is 11.3. The van der Waals surface area contributed by atoms with E-state index in [2.05, 4.69) is 0 Å².